The average Bonchev–Trinajstić information content (AvgIpc) is 2.65. The zero-order valence-corrected chi connectivity index (χ0v) is 15.8. The molecule has 7 heteroatoms. The van der Waals surface area contributed by atoms with E-state index in [4.69, 9.17) is 14.2 Å². The van der Waals surface area contributed by atoms with Crippen LogP contribution in [0.4, 0.5) is 4.39 Å². The molecule has 2 rings (SSSR count). The average molecular weight is 426 g/mol. The van der Waals surface area contributed by atoms with Crippen LogP contribution in [-0.4, -0.2) is 49.8 Å². The maximum absolute atomic E-state index is 11.8. The molecule has 0 aliphatic carbocycles. The number of alkyl halides is 1. The number of aromatic hydroxyl groups is 1. The Morgan fingerprint density at radius 1 is 0.962 bits per heavy atom. The third-order valence-electron chi connectivity index (χ3n) is 3.25. The van der Waals surface area contributed by atoms with Crippen LogP contribution in [0.5, 0.6) is 11.6 Å². The lowest BCUT2D eigenvalue weighted by Gasteiger charge is -2.08. The summed E-state index contributed by atoms with van der Waals surface area (Å²) in [4.78, 5) is 4.28. The van der Waals surface area contributed by atoms with E-state index >= 15 is 0 Å². The molecule has 0 aliphatic heterocycles. The van der Waals surface area contributed by atoms with Crippen LogP contribution >= 0.6 is 15.9 Å². The second-order valence-electron chi connectivity index (χ2n) is 5.24. The number of phenolic OH excluding ortho intramolecular Hbond substituents is 1. The van der Waals surface area contributed by atoms with Gasteiger partial charge in [-0.25, -0.2) is 9.37 Å². The second kappa shape index (κ2) is 11.6. The van der Waals surface area contributed by atoms with Gasteiger partial charge in [-0.05, 0) is 45.3 Å². The highest BCUT2D eigenvalue weighted by Crippen LogP contribution is 2.24. The van der Waals surface area contributed by atoms with E-state index in [-0.39, 0.29) is 12.4 Å². The molecule has 0 radical (unpaired) electrons. The number of aromatic nitrogens is 1. The molecule has 2 aromatic rings. The number of ether oxygens (including phenoxy) is 3. The van der Waals surface area contributed by atoms with Crippen molar-refractivity contribution >= 4 is 28.1 Å². The van der Waals surface area contributed by atoms with Crippen LogP contribution in [0.15, 0.2) is 41.0 Å². The SMILES string of the molecule is Oc1ccc(/C=C/c2cnc(OCCOCCOCCF)c(Br)c2)cc1. The normalized spacial score (nSPS) is 11.2. The topological polar surface area (TPSA) is 60.8 Å². The summed E-state index contributed by atoms with van der Waals surface area (Å²) in [6.07, 6.45) is 5.57. The Bertz CT molecular complexity index is 694. The van der Waals surface area contributed by atoms with Gasteiger partial charge in [0.2, 0.25) is 5.88 Å². The molecule has 140 valence electrons. The first-order valence-electron chi connectivity index (χ1n) is 8.16. The van der Waals surface area contributed by atoms with Gasteiger partial charge in [0.15, 0.2) is 0 Å². The summed E-state index contributed by atoms with van der Waals surface area (Å²) in [5.74, 6) is 0.730. The molecular weight excluding hydrogens is 405 g/mol. The second-order valence-corrected chi connectivity index (χ2v) is 6.10. The van der Waals surface area contributed by atoms with Crippen molar-refractivity contribution in [1.82, 2.24) is 4.98 Å². The first-order chi connectivity index (χ1) is 12.7. The van der Waals surface area contributed by atoms with E-state index in [9.17, 15) is 9.50 Å². The number of nitrogens with zero attached hydrogens (tertiary/aromatic N) is 1. The van der Waals surface area contributed by atoms with Crippen molar-refractivity contribution in [3.05, 3.63) is 52.1 Å². The highest BCUT2D eigenvalue weighted by Gasteiger charge is 2.03. The largest absolute Gasteiger partial charge is 0.508 e. The third kappa shape index (κ3) is 7.51. The van der Waals surface area contributed by atoms with Gasteiger partial charge in [-0.15, -0.1) is 0 Å². The monoisotopic (exact) mass is 425 g/mol. The van der Waals surface area contributed by atoms with Crippen molar-refractivity contribution in [2.24, 2.45) is 0 Å². The lowest BCUT2D eigenvalue weighted by molar-refractivity contribution is 0.0319. The van der Waals surface area contributed by atoms with Gasteiger partial charge in [0.25, 0.3) is 0 Å². The molecule has 1 aromatic heterocycles. The van der Waals surface area contributed by atoms with Crippen LogP contribution in [0, 0.1) is 0 Å². The molecule has 5 nitrogen and oxygen atoms in total. The molecule has 1 heterocycles. The van der Waals surface area contributed by atoms with Gasteiger partial charge in [-0.3, -0.25) is 0 Å². The van der Waals surface area contributed by atoms with E-state index in [1.807, 2.05) is 30.4 Å². The standard InChI is InChI=1S/C19H21BrFNO4/c20-18-13-16(2-1-15-3-5-17(23)6-4-15)14-22-19(18)26-12-11-25-10-9-24-8-7-21/h1-6,13-14,23H,7-12H2/b2-1+. The third-order valence-corrected chi connectivity index (χ3v) is 3.82. The predicted octanol–water partition coefficient (Wildman–Crippen LogP) is 4.10. The van der Waals surface area contributed by atoms with E-state index in [0.29, 0.717) is 32.3 Å². The first-order valence-corrected chi connectivity index (χ1v) is 8.95. The first kappa shape index (κ1) is 20.4. The van der Waals surface area contributed by atoms with Crippen LogP contribution in [0.1, 0.15) is 11.1 Å². The molecule has 0 spiro atoms. The number of benzene rings is 1. The zero-order valence-electron chi connectivity index (χ0n) is 14.2. The van der Waals surface area contributed by atoms with Crippen LogP contribution in [0.25, 0.3) is 12.2 Å². The van der Waals surface area contributed by atoms with Crippen LogP contribution in [0.3, 0.4) is 0 Å². The molecular formula is C19H21BrFNO4. The van der Waals surface area contributed by atoms with Crippen molar-refractivity contribution in [3.63, 3.8) is 0 Å². The van der Waals surface area contributed by atoms with Gasteiger partial charge < -0.3 is 19.3 Å². The number of rotatable bonds is 11. The Labute approximate surface area is 160 Å². The Morgan fingerprint density at radius 2 is 1.62 bits per heavy atom. The number of halogens is 2. The minimum Gasteiger partial charge on any atom is -0.508 e. The highest BCUT2D eigenvalue weighted by atomic mass is 79.9. The van der Waals surface area contributed by atoms with Gasteiger partial charge in [-0.2, -0.15) is 0 Å². The lowest BCUT2D eigenvalue weighted by Crippen LogP contribution is -2.12. The number of pyridine rings is 1. The summed E-state index contributed by atoms with van der Waals surface area (Å²) in [5, 5.41) is 9.28. The van der Waals surface area contributed by atoms with Crippen LogP contribution in [-0.2, 0) is 9.47 Å². The molecule has 1 aromatic carbocycles. The predicted molar refractivity (Wildman–Crippen MR) is 102 cm³/mol. The Kier molecular flexibility index (Phi) is 9.09. The minimum atomic E-state index is -0.483. The Hall–Kier alpha value is -1.96. The summed E-state index contributed by atoms with van der Waals surface area (Å²) in [7, 11) is 0. The number of hydrogen-bond acceptors (Lipinski definition) is 5. The molecule has 1 N–H and O–H groups in total. The van der Waals surface area contributed by atoms with E-state index in [2.05, 4.69) is 20.9 Å². The molecule has 0 saturated heterocycles. The van der Waals surface area contributed by atoms with E-state index < -0.39 is 6.67 Å². The summed E-state index contributed by atoms with van der Waals surface area (Å²) >= 11 is 3.44. The van der Waals surface area contributed by atoms with Crippen molar-refractivity contribution in [1.29, 1.82) is 0 Å². The maximum atomic E-state index is 11.8. The fourth-order valence-corrected chi connectivity index (χ4v) is 2.47. The fraction of sp³-hybridized carbons (Fsp3) is 0.316. The molecule has 0 amide bonds. The molecule has 0 fully saturated rings. The van der Waals surface area contributed by atoms with Gasteiger partial charge in [0, 0.05) is 6.20 Å². The molecule has 26 heavy (non-hydrogen) atoms. The highest BCUT2D eigenvalue weighted by molar-refractivity contribution is 9.10. The smallest absolute Gasteiger partial charge is 0.228 e. The van der Waals surface area contributed by atoms with Crippen molar-refractivity contribution in [2.75, 3.05) is 39.7 Å². The Balaban J connectivity index is 1.75. The lowest BCUT2D eigenvalue weighted by atomic mass is 10.1. The van der Waals surface area contributed by atoms with Gasteiger partial charge in [0.1, 0.15) is 19.0 Å². The summed E-state index contributed by atoms with van der Waals surface area (Å²) in [6.45, 7) is 1.15. The number of phenols is 1. The van der Waals surface area contributed by atoms with Crippen LogP contribution in [0.2, 0.25) is 0 Å². The molecule has 0 bridgehead atoms. The summed E-state index contributed by atoms with van der Waals surface area (Å²) in [6, 6.07) is 8.84. The minimum absolute atomic E-state index is 0.101. The van der Waals surface area contributed by atoms with Crippen molar-refractivity contribution in [3.8, 4) is 11.6 Å². The summed E-state index contributed by atoms with van der Waals surface area (Å²) < 4.78 is 28.4. The van der Waals surface area contributed by atoms with E-state index in [1.54, 1.807) is 18.3 Å². The van der Waals surface area contributed by atoms with E-state index in [1.165, 1.54) is 0 Å². The molecule has 0 aliphatic rings. The molecule has 0 saturated carbocycles. The van der Waals surface area contributed by atoms with Gasteiger partial charge >= 0.3 is 0 Å². The van der Waals surface area contributed by atoms with Crippen LogP contribution < -0.4 is 4.74 Å². The quantitative estimate of drug-likeness (QED) is 0.549. The molecule has 0 unspecified atom stereocenters. The fourth-order valence-electron chi connectivity index (χ4n) is 1.99. The van der Waals surface area contributed by atoms with Crippen molar-refractivity contribution in [2.45, 2.75) is 0 Å². The summed E-state index contributed by atoms with van der Waals surface area (Å²) in [5.41, 5.74) is 1.89. The van der Waals surface area contributed by atoms with Gasteiger partial charge in [-0.1, -0.05) is 24.3 Å². The Morgan fingerprint density at radius 3 is 2.31 bits per heavy atom. The zero-order chi connectivity index (χ0) is 18.6. The van der Waals surface area contributed by atoms with Crippen molar-refractivity contribution < 1.29 is 23.7 Å². The number of hydrogen-bond donors (Lipinski definition) is 1. The maximum Gasteiger partial charge on any atom is 0.228 e. The van der Waals surface area contributed by atoms with Gasteiger partial charge in [0.05, 0.1) is 30.9 Å². The molecule has 0 atom stereocenters. The van der Waals surface area contributed by atoms with E-state index in [0.717, 1.165) is 15.6 Å².